The summed E-state index contributed by atoms with van der Waals surface area (Å²) in [6, 6.07) is 0. The molecule has 0 aliphatic carbocycles. The van der Waals surface area contributed by atoms with E-state index in [-0.39, 0.29) is 0 Å². The summed E-state index contributed by atoms with van der Waals surface area (Å²) in [6.07, 6.45) is 2.87. The number of aromatic nitrogens is 2. The topological polar surface area (TPSA) is 41.3 Å². The SMILES string of the molecule is CCC(C)CC(O)c1c(Cl)cnn1CCN(C)C. The molecule has 104 valence electrons. The van der Waals surface area contributed by atoms with E-state index in [4.69, 9.17) is 11.6 Å². The molecule has 0 aliphatic rings. The summed E-state index contributed by atoms with van der Waals surface area (Å²) >= 11 is 6.12. The molecule has 1 heterocycles. The predicted molar refractivity (Wildman–Crippen MR) is 74.8 cm³/mol. The molecule has 0 saturated heterocycles. The van der Waals surface area contributed by atoms with Crippen LogP contribution in [0.1, 0.15) is 38.5 Å². The lowest BCUT2D eigenvalue weighted by molar-refractivity contribution is 0.135. The number of aliphatic hydroxyl groups excluding tert-OH is 1. The Kier molecular flexibility index (Phi) is 6.12. The molecule has 0 aromatic carbocycles. The highest BCUT2D eigenvalue weighted by molar-refractivity contribution is 6.31. The van der Waals surface area contributed by atoms with Crippen molar-refractivity contribution in [3.63, 3.8) is 0 Å². The minimum atomic E-state index is -0.530. The van der Waals surface area contributed by atoms with Crippen LogP contribution in [-0.2, 0) is 6.54 Å². The van der Waals surface area contributed by atoms with Crippen LogP contribution in [0.25, 0.3) is 0 Å². The lowest BCUT2D eigenvalue weighted by Gasteiger charge is -2.18. The normalized spacial score (nSPS) is 15.1. The van der Waals surface area contributed by atoms with Gasteiger partial charge in [-0.1, -0.05) is 31.9 Å². The predicted octanol–water partition coefficient (Wildman–Crippen LogP) is 2.57. The average Bonchev–Trinajstić information content (AvgIpc) is 2.67. The van der Waals surface area contributed by atoms with Gasteiger partial charge in [-0.15, -0.1) is 0 Å². The standard InChI is InChI=1S/C13H24ClN3O/c1-5-10(2)8-12(18)13-11(14)9-15-17(13)7-6-16(3)4/h9-10,12,18H,5-8H2,1-4H3. The molecule has 0 radical (unpaired) electrons. The smallest absolute Gasteiger partial charge is 0.0974 e. The minimum Gasteiger partial charge on any atom is -0.387 e. The Balaban J connectivity index is 2.76. The van der Waals surface area contributed by atoms with Gasteiger partial charge in [-0.25, -0.2) is 0 Å². The lowest BCUT2D eigenvalue weighted by Crippen LogP contribution is -2.21. The van der Waals surface area contributed by atoms with Gasteiger partial charge in [0.05, 0.1) is 29.6 Å². The van der Waals surface area contributed by atoms with E-state index in [9.17, 15) is 5.11 Å². The minimum absolute atomic E-state index is 0.480. The summed E-state index contributed by atoms with van der Waals surface area (Å²) in [5, 5.41) is 15.1. The van der Waals surface area contributed by atoms with E-state index in [1.807, 2.05) is 18.8 Å². The third-order valence-corrected chi connectivity index (χ3v) is 3.52. The summed E-state index contributed by atoms with van der Waals surface area (Å²) in [7, 11) is 4.03. The zero-order chi connectivity index (χ0) is 13.7. The first-order valence-corrected chi connectivity index (χ1v) is 6.87. The number of aliphatic hydroxyl groups is 1. The molecule has 0 amide bonds. The number of hydrogen-bond donors (Lipinski definition) is 1. The average molecular weight is 274 g/mol. The quantitative estimate of drug-likeness (QED) is 0.830. The van der Waals surface area contributed by atoms with Crippen LogP contribution < -0.4 is 0 Å². The fourth-order valence-corrected chi connectivity index (χ4v) is 2.10. The highest BCUT2D eigenvalue weighted by Gasteiger charge is 2.19. The molecule has 0 spiro atoms. The maximum Gasteiger partial charge on any atom is 0.0974 e. The van der Waals surface area contributed by atoms with Gasteiger partial charge in [0.2, 0.25) is 0 Å². The van der Waals surface area contributed by atoms with E-state index in [1.165, 1.54) is 0 Å². The zero-order valence-corrected chi connectivity index (χ0v) is 12.5. The van der Waals surface area contributed by atoms with Gasteiger partial charge in [-0.2, -0.15) is 5.10 Å². The van der Waals surface area contributed by atoms with Crippen LogP contribution in [0.5, 0.6) is 0 Å². The Morgan fingerprint density at radius 1 is 1.50 bits per heavy atom. The van der Waals surface area contributed by atoms with Crippen molar-refractivity contribution < 1.29 is 5.11 Å². The molecule has 0 saturated carbocycles. The van der Waals surface area contributed by atoms with E-state index in [0.29, 0.717) is 10.9 Å². The first-order valence-electron chi connectivity index (χ1n) is 6.49. The van der Waals surface area contributed by atoms with Gasteiger partial charge in [0.1, 0.15) is 0 Å². The fraction of sp³-hybridized carbons (Fsp3) is 0.769. The number of rotatable bonds is 7. The first-order chi connectivity index (χ1) is 8.45. The Morgan fingerprint density at radius 2 is 2.17 bits per heavy atom. The molecule has 1 aromatic heterocycles. The van der Waals surface area contributed by atoms with E-state index >= 15 is 0 Å². The van der Waals surface area contributed by atoms with Gasteiger partial charge in [-0.3, -0.25) is 4.68 Å². The molecule has 1 rings (SSSR count). The second kappa shape index (κ2) is 7.12. The van der Waals surface area contributed by atoms with Crippen molar-refractivity contribution in [1.82, 2.24) is 14.7 Å². The van der Waals surface area contributed by atoms with Crippen molar-refractivity contribution in [3.05, 3.63) is 16.9 Å². The zero-order valence-electron chi connectivity index (χ0n) is 11.7. The first kappa shape index (κ1) is 15.5. The molecular formula is C13H24ClN3O. The molecule has 4 nitrogen and oxygen atoms in total. The van der Waals surface area contributed by atoms with E-state index in [0.717, 1.165) is 31.6 Å². The molecule has 5 heteroatoms. The second-order valence-electron chi connectivity index (χ2n) is 5.17. The van der Waals surface area contributed by atoms with Gasteiger partial charge in [0.15, 0.2) is 0 Å². The molecule has 1 aromatic rings. The Hall–Kier alpha value is -0.580. The summed E-state index contributed by atoms with van der Waals surface area (Å²) in [6.45, 7) is 5.88. The molecule has 2 unspecified atom stereocenters. The van der Waals surface area contributed by atoms with E-state index in [2.05, 4.69) is 23.8 Å². The molecule has 0 fully saturated rings. The van der Waals surface area contributed by atoms with Gasteiger partial charge < -0.3 is 10.0 Å². The molecule has 18 heavy (non-hydrogen) atoms. The number of halogens is 1. The van der Waals surface area contributed by atoms with Crippen molar-refractivity contribution in [2.75, 3.05) is 20.6 Å². The molecule has 1 N–H and O–H groups in total. The van der Waals surface area contributed by atoms with Crippen LogP contribution >= 0.6 is 11.6 Å². The van der Waals surface area contributed by atoms with Crippen LogP contribution in [-0.4, -0.2) is 40.4 Å². The molecular weight excluding hydrogens is 250 g/mol. The summed E-state index contributed by atoms with van der Waals surface area (Å²) in [5.74, 6) is 0.480. The highest BCUT2D eigenvalue weighted by atomic mass is 35.5. The van der Waals surface area contributed by atoms with E-state index < -0.39 is 6.10 Å². The Morgan fingerprint density at radius 3 is 2.72 bits per heavy atom. The number of hydrogen-bond acceptors (Lipinski definition) is 3. The monoisotopic (exact) mass is 273 g/mol. The number of nitrogens with zero attached hydrogens (tertiary/aromatic N) is 3. The lowest BCUT2D eigenvalue weighted by atomic mass is 9.99. The maximum absolute atomic E-state index is 10.3. The Bertz CT molecular complexity index is 365. The van der Waals surface area contributed by atoms with Crippen LogP contribution in [0.15, 0.2) is 6.20 Å². The van der Waals surface area contributed by atoms with Crippen molar-refractivity contribution in [2.45, 2.75) is 39.3 Å². The van der Waals surface area contributed by atoms with Crippen LogP contribution in [0.2, 0.25) is 5.02 Å². The van der Waals surface area contributed by atoms with Crippen LogP contribution in [0.4, 0.5) is 0 Å². The van der Waals surface area contributed by atoms with Crippen molar-refractivity contribution >= 4 is 11.6 Å². The van der Waals surface area contributed by atoms with Crippen LogP contribution in [0.3, 0.4) is 0 Å². The van der Waals surface area contributed by atoms with Crippen molar-refractivity contribution in [3.8, 4) is 0 Å². The summed E-state index contributed by atoms with van der Waals surface area (Å²) in [5.41, 5.74) is 0.749. The fourth-order valence-electron chi connectivity index (χ4n) is 1.84. The van der Waals surface area contributed by atoms with Crippen molar-refractivity contribution in [1.29, 1.82) is 0 Å². The van der Waals surface area contributed by atoms with Crippen molar-refractivity contribution in [2.24, 2.45) is 5.92 Å². The molecule has 0 aliphatic heterocycles. The van der Waals surface area contributed by atoms with Gasteiger partial charge in [0, 0.05) is 6.54 Å². The number of likely N-dealkylation sites (N-methyl/N-ethyl adjacent to an activating group) is 1. The van der Waals surface area contributed by atoms with Crippen LogP contribution in [0, 0.1) is 5.92 Å². The second-order valence-corrected chi connectivity index (χ2v) is 5.58. The summed E-state index contributed by atoms with van der Waals surface area (Å²) < 4.78 is 1.81. The highest BCUT2D eigenvalue weighted by Crippen LogP contribution is 2.28. The van der Waals surface area contributed by atoms with E-state index in [1.54, 1.807) is 6.20 Å². The van der Waals surface area contributed by atoms with Gasteiger partial charge in [0.25, 0.3) is 0 Å². The summed E-state index contributed by atoms with van der Waals surface area (Å²) in [4.78, 5) is 2.08. The maximum atomic E-state index is 10.3. The van der Waals surface area contributed by atoms with Gasteiger partial charge >= 0.3 is 0 Å². The molecule has 0 bridgehead atoms. The van der Waals surface area contributed by atoms with Gasteiger partial charge in [-0.05, 0) is 26.4 Å². The third-order valence-electron chi connectivity index (χ3n) is 3.23. The molecule has 2 atom stereocenters. The third kappa shape index (κ3) is 4.26. The largest absolute Gasteiger partial charge is 0.387 e. The Labute approximate surface area is 115 Å².